The highest BCUT2D eigenvalue weighted by Crippen LogP contribution is 2.17. The molecule has 4 nitrogen and oxygen atoms in total. The summed E-state index contributed by atoms with van der Waals surface area (Å²) in [5, 5.41) is 4.78. The molecular weight excluding hydrogens is 286 g/mol. The van der Waals surface area contributed by atoms with Crippen LogP contribution >= 0.6 is 11.6 Å². The minimum atomic E-state index is 0.344. The molecule has 0 aliphatic heterocycles. The van der Waals surface area contributed by atoms with Gasteiger partial charge in [-0.3, -0.25) is 4.98 Å². The molecule has 21 heavy (non-hydrogen) atoms. The van der Waals surface area contributed by atoms with Crippen molar-refractivity contribution >= 4 is 17.3 Å². The third kappa shape index (κ3) is 4.28. The summed E-state index contributed by atoms with van der Waals surface area (Å²) in [6.45, 7) is 4.57. The largest absolute Gasteiger partial charge is 0.389 e. The summed E-state index contributed by atoms with van der Waals surface area (Å²) in [5.74, 6) is 0. The van der Waals surface area contributed by atoms with Crippen LogP contribution in [0.15, 0.2) is 41.6 Å². The van der Waals surface area contributed by atoms with Crippen LogP contribution in [0, 0.1) is 6.92 Å². The summed E-state index contributed by atoms with van der Waals surface area (Å²) in [6, 6.07) is 11.4. The van der Waals surface area contributed by atoms with Crippen LogP contribution in [0.5, 0.6) is 0 Å². The third-order valence-electron chi connectivity index (χ3n) is 3.04. The zero-order chi connectivity index (χ0) is 15.2. The van der Waals surface area contributed by atoms with E-state index in [0.717, 1.165) is 28.2 Å². The molecule has 1 aromatic heterocycles. The van der Waals surface area contributed by atoms with Crippen LogP contribution in [0.25, 0.3) is 0 Å². The smallest absolute Gasteiger partial charge is 0.159 e. The van der Waals surface area contributed by atoms with Crippen LogP contribution in [0.3, 0.4) is 0 Å². The Morgan fingerprint density at radius 2 is 2.14 bits per heavy atom. The molecule has 2 N–H and O–H groups in total. The van der Waals surface area contributed by atoms with Crippen molar-refractivity contribution in [2.24, 2.45) is 10.9 Å². The van der Waals surface area contributed by atoms with Gasteiger partial charge in [0.25, 0.3) is 0 Å². The maximum absolute atomic E-state index is 6.04. The van der Waals surface area contributed by atoms with Gasteiger partial charge in [-0.15, -0.1) is 0 Å². The van der Waals surface area contributed by atoms with Crippen LogP contribution in [-0.2, 0) is 18.0 Å². The highest BCUT2D eigenvalue weighted by Gasteiger charge is 2.04. The van der Waals surface area contributed by atoms with E-state index in [1.807, 2.05) is 50.2 Å². The lowest BCUT2D eigenvalue weighted by molar-refractivity contribution is 0.127. The second kappa shape index (κ2) is 7.20. The Balaban J connectivity index is 2.04. The summed E-state index contributed by atoms with van der Waals surface area (Å²) < 4.78 is 0. The van der Waals surface area contributed by atoms with Crippen molar-refractivity contribution in [1.29, 1.82) is 0 Å². The molecule has 2 rings (SSSR count). The van der Waals surface area contributed by atoms with Gasteiger partial charge in [0, 0.05) is 17.3 Å². The summed E-state index contributed by atoms with van der Waals surface area (Å²) in [6.07, 6.45) is 0. The number of aryl methyl sites for hydroxylation is 1. The molecule has 0 radical (unpaired) electrons. The van der Waals surface area contributed by atoms with Gasteiger partial charge in [0.05, 0.1) is 11.4 Å². The zero-order valence-corrected chi connectivity index (χ0v) is 12.9. The molecule has 0 bridgehead atoms. The first-order valence-corrected chi connectivity index (χ1v) is 7.06. The maximum atomic E-state index is 6.04. The summed E-state index contributed by atoms with van der Waals surface area (Å²) >= 11 is 6.04. The Bertz CT molecular complexity index is 656. The average Bonchev–Trinajstić information content (AvgIpc) is 2.47. The van der Waals surface area contributed by atoms with Crippen LogP contribution < -0.4 is 5.73 Å². The van der Waals surface area contributed by atoms with Crippen LogP contribution in [0.4, 0.5) is 0 Å². The molecule has 5 heteroatoms. The van der Waals surface area contributed by atoms with Gasteiger partial charge in [0.2, 0.25) is 0 Å². The predicted molar refractivity (Wildman–Crippen MR) is 85.3 cm³/mol. The van der Waals surface area contributed by atoms with Gasteiger partial charge in [-0.2, -0.15) is 0 Å². The summed E-state index contributed by atoms with van der Waals surface area (Å²) in [4.78, 5) is 9.71. The normalized spacial score (nSPS) is 11.5. The highest BCUT2D eigenvalue weighted by molar-refractivity contribution is 6.31. The SMILES string of the molecule is CC(=NOCc1cccc(C)n1)c1ccc(Cl)c(CN)c1. The fraction of sp³-hybridized carbons (Fsp3) is 0.250. The molecule has 1 heterocycles. The van der Waals surface area contributed by atoms with E-state index in [2.05, 4.69) is 10.1 Å². The number of nitrogens with zero attached hydrogens (tertiary/aromatic N) is 2. The van der Waals surface area contributed by atoms with E-state index in [1.165, 1.54) is 0 Å². The van der Waals surface area contributed by atoms with Crippen molar-refractivity contribution in [2.45, 2.75) is 27.0 Å². The van der Waals surface area contributed by atoms with Gasteiger partial charge in [-0.1, -0.05) is 28.9 Å². The monoisotopic (exact) mass is 303 g/mol. The average molecular weight is 304 g/mol. The Morgan fingerprint density at radius 1 is 1.33 bits per heavy atom. The summed E-state index contributed by atoms with van der Waals surface area (Å²) in [7, 11) is 0. The Morgan fingerprint density at radius 3 is 2.86 bits per heavy atom. The van der Waals surface area contributed by atoms with Gasteiger partial charge in [-0.05, 0) is 49.2 Å². The minimum Gasteiger partial charge on any atom is -0.389 e. The molecule has 0 amide bonds. The van der Waals surface area contributed by atoms with E-state index in [4.69, 9.17) is 22.2 Å². The van der Waals surface area contributed by atoms with Gasteiger partial charge in [0.15, 0.2) is 6.61 Å². The number of pyridine rings is 1. The van der Waals surface area contributed by atoms with Crippen molar-refractivity contribution in [3.05, 3.63) is 63.9 Å². The lowest BCUT2D eigenvalue weighted by Gasteiger charge is -2.06. The second-order valence-corrected chi connectivity index (χ2v) is 5.14. The molecule has 0 aliphatic rings. The number of hydrogen-bond acceptors (Lipinski definition) is 4. The number of aromatic nitrogens is 1. The number of benzene rings is 1. The molecule has 0 fully saturated rings. The first-order chi connectivity index (χ1) is 10.1. The Hall–Kier alpha value is -1.91. The van der Waals surface area contributed by atoms with Crippen molar-refractivity contribution in [2.75, 3.05) is 0 Å². The van der Waals surface area contributed by atoms with Gasteiger partial charge >= 0.3 is 0 Å². The fourth-order valence-corrected chi connectivity index (χ4v) is 2.08. The molecule has 110 valence electrons. The van der Waals surface area contributed by atoms with E-state index in [1.54, 1.807) is 0 Å². The topological polar surface area (TPSA) is 60.5 Å². The van der Waals surface area contributed by atoms with Gasteiger partial charge in [0.1, 0.15) is 0 Å². The fourth-order valence-electron chi connectivity index (χ4n) is 1.88. The number of hydrogen-bond donors (Lipinski definition) is 1. The number of oxime groups is 1. The van der Waals surface area contributed by atoms with Gasteiger partial charge in [-0.25, -0.2) is 0 Å². The summed E-state index contributed by atoms with van der Waals surface area (Å²) in [5.41, 5.74) is 10.1. The lowest BCUT2D eigenvalue weighted by atomic mass is 10.1. The molecule has 2 aromatic rings. The molecule has 0 saturated carbocycles. The Labute approximate surface area is 129 Å². The quantitative estimate of drug-likeness (QED) is 0.680. The molecule has 0 aliphatic carbocycles. The number of nitrogens with two attached hydrogens (primary N) is 1. The molecule has 0 spiro atoms. The first-order valence-electron chi connectivity index (χ1n) is 6.68. The van der Waals surface area contributed by atoms with E-state index >= 15 is 0 Å². The predicted octanol–water partition coefficient (Wildman–Crippen LogP) is 3.44. The van der Waals surface area contributed by atoms with E-state index in [9.17, 15) is 0 Å². The van der Waals surface area contributed by atoms with E-state index in [0.29, 0.717) is 18.2 Å². The van der Waals surface area contributed by atoms with Crippen LogP contribution in [0.1, 0.15) is 29.4 Å². The number of halogens is 1. The number of rotatable bonds is 5. The maximum Gasteiger partial charge on any atom is 0.159 e. The molecule has 0 unspecified atom stereocenters. The zero-order valence-electron chi connectivity index (χ0n) is 12.1. The van der Waals surface area contributed by atoms with Crippen molar-refractivity contribution in [3.8, 4) is 0 Å². The van der Waals surface area contributed by atoms with E-state index in [-0.39, 0.29) is 0 Å². The molecule has 0 saturated heterocycles. The van der Waals surface area contributed by atoms with Crippen molar-refractivity contribution in [1.82, 2.24) is 4.98 Å². The van der Waals surface area contributed by atoms with Crippen molar-refractivity contribution < 1.29 is 4.84 Å². The van der Waals surface area contributed by atoms with Crippen molar-refractivity contribution in [3.63, 3.8) is 0 Å². The minimum absolute atomic E-state index is 0.344. The molecule has 1 aromatic carbocycles. The second-order valence-electron chi connectivity index (χ2n) is 4.73. The van der Waals surface area contributed by atoms with E-state index < -0.39 is 0 Å². The molecule has 0 atom stereocenters. The standard InChI is InChI=1S/C16H18ClN3O/c1-11-4-3-5-15(19-11)10-21-20-12(2)13-6-7-16(17)14(8-13)9-18/h3-8H,9-10,18H2,1-2H3. The van der Waals surface area contributed by atoms with Crippen LogP contribution in [0.2, 0.25) is 5.02 Å². The third-order valence-corrected chi connectivity index (χ3v) is 3.41. The highest BCUT2D eigenvalue weighted by atomic mass is 35.5. The van der Waals surface area contributed by atoms with Crippen LogP contribution in [-0.4, -0.2) is 10.7 Å². The lowest BCUT2D eigenvalue weighted by Crippen LogP contribution is -2.02. The van der Waals surface area contributed by atoms with Gasteiger partial charge < -0.3 is 10.6 Å². The Kier molecular flexibility index (Phi) is 5.31. The first kappa shape index (κ1) is 15.5. The molecular formula is C16H18ClN3O.